The van der Waals surface area contributed by atoms with Gasteiger partial charge in [0.25, 0.3) is 5.69 Å². The molecule has 0 radical (unpaired) electrons. The smallest absolute Gasteiger partial charge is 0.269 e. The van der Waals surface area contributed by atoms with Gasteiger partial charge in [-0.3, -0.25) is 10.1 Å². The van der Waals surface area contributed by atoms with Crippen LogP contribution in [-0.4, -0.2) is 62.8 Å². The van der Waals surface area contributed by atoms with Crippen LogP contribution in [0.3, 0.4) is 0 Å². The first kappa shape index (κ1) is 26.8. The number of nitrogens with one attached hydrogen (secondary N) is 1. The molecule has 3 heterocycles. The molecule has 5 aromatic rings. The van der Waals surface area contributed by atoms with Crippen LogP contribution in [0.15, 0.2) is 60.7 Å². The average Bonchev–Trinajstić information content (AvgIpc) is 3.58. The van der Waals surface area contributed by atoms with Crippen LogP contribution in [0.2, 0.25) is 0 Å². The summed E-state index contributed by atoms with van der Waals surface area (Å²) in [6, 6.07) is 17.1. The quantitative estimate of drug-likeness (QED) is 0.178. The minimum Gasteiger partial charge on any atom is -0.367 e. The van der Waals surface area contributed by atoms with E-state index in [1.165, 1.54) is 35.6 Å². The number of nitro groups is 1. The number of benzene rings is 3. The minimum absolute atomic E-state index is 0.0302. The van der Waals surface area contributed by atoms with Crippen LogP contribution in [0.5, 0.6) is 0 Å². The van der Waals surface area contributed by atoms with Crippen LogP contribution in [0, 0.1) is 15.9 Å². The molecule has 1 fully saturated rings. The van der Waals surface area contributed by atoms with E-state index in [0.29, 0.717) is 10.1 Å². The fourth-order valence-corrected chi connectivity index (χ4v) is 5.86. The van der Waals surface area contributed by atoms with Crippen molar-refractivity contribution in [2.24, 2.45) is 0 Å². The Labute approximate surface area is 240 Å². The third-order valence-electron chi connectivity index (χ3n) is 7.26. The number of hydrogen-bond acceptors (Lipinski definition) is 9. The van der Waals surface area contributed by atoms with Gasteiger partial charge in [-0.2, -0.15) is 0 Å². The number of non-ortho nitro benzene ring substituents is 1. The van der Waals surface area contributed by atoms with Crippen molar-refractivity contribution >= 4 is 44.6 Å². The summed E-state index contributed by atoms with van der Waals surface area (Å²) >= 11 is 1.38. The van der Waals surface area contributed by atoms with Gasteiger partial charge in [-0.05, 0) is 69.4 Å². The first-order valence-electron chi connectivity index (χ1n) is 13.4. The summed E-state index contributed by atoms with van der Waals surface area (Å²) in [7, 11) is 2.13. The van der Waals surface area contributed by atoms with Crippen LogP contribution in [-0.2, 0) is 0 Å². The molecule has 0 saturated carbocycles. The summed E-state index contributed by atoms with van der Waals surface area (Å²) in [5, 5.41) is 24.5. The topological polar surface area (TPSA) is 105 Å². The van der Waals surface area contributed by atoms with Crippen molar-refractivity contribution in [1.29, 1.82) is 0 Å². The Morgan fingerprint density at radius 3 is 2.32 bits per heavy atom. The van der Waals surface area contributed by atoms with Gasteiger partial charge in [0.1, 0.15) is 16.6 Å². The number of rotatable bonds is 7. The third kappa shape index (κ3) is 5.35. The number of nitrogens with zero attached hydrogens (tertiary/aromatic N) is 7. The zero-order chi connectivity index (χ0) is 28.7. The molecule has 41 heavy (non-hydrogen) atoms. The van der Waals surface area contributed by atoms with Crippen LogP contribution < -0.4 is 10.2 Å². The van der Waals surface area contributed by atoms with Crippen molar-refractivity contribution in [2.45, 2.75) is 19.9 Å². The van der Waals surface area contributed by atoms with E-state index in [0.717, 1.165) is 65.5 Å². The predicted molar refractivity (Wildman–Crippen MR) is 161 cm³/mol. The Kier molecular flexibility index (Phi) is 7.10. The van der Waals surface area contributed by atoms with Gasteiger partial charge < -0.3 is 19.7 Å². The summed E-state index contributed by atoms with van der Waals surface area (Å²) < 4.78 is 15.9. The van der Waals surface area contributed by atoms with Crippen molar-refractivity contribution in [2.75, 3.05) is 43.4 Å². The predicted octanol–water partition coefficient (Wildman–Crippen LogP) is 6.35. The molecule has 3 aromatic carbocycles. The Bertz CT molecular complexity index is 1710. The zero-order valence-electron chi connectivity index (χ0n) is 22.9. The van der Waals surface area contributed by atoms with Gasteiger partial charge in [0.15, 0.2) is 0 Å². The maximum atomic E-state index is 13.7. The van der Waals surface area contributed by atoms with Gasteiger partial charge in [-0.25, -0.2) is 9.37 Å². The number of nitro benzene ring substituents is 1. The number of halogens is 1. The molecular formula is C29H29FN8O2S. The highest BCUT2D eigenvalue weighted by Crippen LogP contribution is 2.38. The Morgan fingerprint density at radius 2 is 1.66 bits per heavy atom. The molecule has 10 nitrogen and oxygen atoms in total. The molecule has 0 unspecified atom stereocenters. The number of anilines is 3. The second-order valence-corrected chi connectivity index (χ2v) is 11.4. The molecule has 12 heteroatoms. The highest BCUT2D eigenvalue weighted by molar-refractivity contribution is 7.18. The molecule has 6 rings (SSSR count). The van der Waals surface area contributed by atoms with Gasteiger partial charge in [-0.1, -0.05) is 11.3 Å². The van der Waals surface area contributed by atoms with Gasteiger partial charge in [0.05, 0.1) is 27.3 Å². The van der Waals surface area contributed by atoms with Crippen molar-refractivity contribution in [3.05, 3.63) is 76.6 Å². The van der Waals surface area contributed by atoms with Crippen LogP contribution in [0.4, 0.5) is 26.6 Å². The van der Waals surface area contributed by atoms with E-state index < -0.39 is 4.92 Å². The molecule has 0 spiro atoms. The van der Waals surface area contributed by atoms with E-state index in [1.807, 2.05) is 6.07 Å². The Morgan fingerprint density at radius 1 is 0.976 bits per heavy atom. The lowest BCUT2D eigenvalue weighted by atomic mass is 10.1. The molecule has 1 aliphatic rings. The van der Waals surface area contributed by atoms with Crippen LogP contribution in [0.25, 0.3) is 33.0 Å². The van der Waals surface area contributed by atoms with E-state index in [9.17, 15) is 14.5 Å². The molecule has 0 bridgehead atoms. The minimum atomic E-state index is -0.422. The molecular weight excluding hydrogens is 543 g/mol. The molecule has 0 aliphatic carbocycles. The maximum absolute atomic E-state index is 13.7. The maximum Gasteiger partial charge on any atom is 0.269 e. The average molecular weight is 573 g/mol. The number of aromatic nitrogens is 4. The fraction of sp³-hybridized carbons (Fsp3) is 0.276. The lowest BCUT2D eigenvalue weighted by molar-refractivity contribution is -0.384. The second-order valence-electron chi connectivity index (χ2n) is 10.4. The monoisotopic (exact) mass is 572 g/mol. The number of fused-ring (bicyclic) bond motifs is 1. The van der Waals surface area contributed by atoms with Crippen molar-refractivity contribution < 1.29 is 9.31 Å². The van der Waals surface area contributed by atoms with Crippen molar-refractivity contribution in [3.63, 3.8) is 0 Å². The number of likely N-dealkylation sites (N-methyl/N-ethyl adjacent to an activating group) is 1. The Hall–Kier alpha value is -4.42. The van der Waals surface area contributed by atoms with E-state index in [4.69, 9.17) is 4.98 Å². The SMILES string of the molecule is CC(C)n1c(-c2ccc(F)cc2)nc2cc(Nc3nnc(-c4ccc([N+](=O)[O-])cc4)s3)c(N3CCN(C)CC3)cc21. The summed E-state index contributed by atoms with van der Waals surface area (Å²) in [6.45, 7) is 7.90. The normalized spacial score (nSPS) is 14.2. The van der Waals surface area contributed by atoms with Crippen molar-refractivity contribution in [1.82, 2.24) is 24.6 Å². The molecule has 1 N–H and O–H groups in total. The van der Waals surface area contributed by atoms with E-state index in [1.54, 1.807) is 24.3 Å². The Balaban J connectivity index is 1.41. The molecule has 0 atom stereocenters. The standard InChI is InChI=1S/C29H29FN8O2S/c1-18(2)37-26-17-25(36-14-12-35(3)13-15-36)23(16-24(26)31-27(37)19-4-8-21(30)9-5-19)32-29-34-33-28(41-29)20-6-10-22(11-7-20)38(39)40/h4-11,16-18H,12-15H2,1-3H3,(H,32,34). The van der Waals surface area contributed by atoms with Crippen LogP contribution in [0.1, 0.15) is 19.9 Å². The largest absolute Gasteiger partial charge is 0.367 e. The molecule has 0 amide bonds. The molecule has 2 aromatic heterocycles. The third-order valence-corrected chi connectivity index (χ3v) is 8.15. The van der Waals surface area contributed by atoms with E-state index >= 15 is 0 Å². The van der Waals surface area contributed by atoms with Gasteiger partial charge >= 0.3 is 0 Å². The molecule has 210 valence electrons. The van der Waals surface area contributed by atoms with Crippen LogP contribution >= 0.6 is 11.3 Å². The van der Waals surface area contributed by atoms with Crippen molar-refractivity contribution in [3.8, 4) is 22.0 Å². The van der Waals surface area contributed by atoms with Gasteiger partial charge in [-0.15, -0.1) is 10.2 Å². The summed E-state index contributed by atoms with van der Waals surface area (Å²) in [4.78, 5) is 20.3. The molecule has 1 aliphatic heterocycles. The lowest BCUT2D eigenvalue weighted by Crippen LogP contribution is -2.44. The second kappa shape index (κ2) is 10.9. The van der Waals surface area contributed by atoms with Gasteiger partial charge in [0, 0.05) is 55.5 Å². The lowest BCUT2D eigenvalue weighted by Gasteiger charge is -2.35. The number of hydrogen-bond donors (Lipinski definition) is 1. The first-order chi connectivity index (χ1) is 19.8. The highest BCUT2D eigenvalue weighted by atomic mass is 32.1. The van der Waals surface area contributed by atoms with E-state index in [2.05, 4.69) is 56.8 Å². The molecule has 1 saturated heterocycles. The number of piperazine rings is 1. The zero-order valence-corrected chi connectivity index (χ0v) is 23.7. The number of imidazole rings is 1. The first-order valence-corrected chi connectivity index (χ1v) is 14.2. The van der Waals surface area contributed by atoms with E-state index in [-0.39, 0.29) is 17.5 Å². The summed E-state index contributed by atoms with van der Waals surface area (Å²) in [5.74, 6) is 0.503. The summed E-state index contributed by atoms with van der Waals surface area (Å²) in [5.41, 5.74) is 5.38. The fourth-order valence-electron chi connectivity index (χ4n) is 5.10. The summed E-state index contributed by atoms with van der Waals surface area (Å²) in [6.07, 6.45) is 0. The van der Waals surface area contributed by atoms with Gasteiger partial charge in [0.2, 0.25) is 5.13 Å². The highest BCUT2D eigenvalue weighted by Gasteiger charge is 2.23.